The summed E-state index contributed by atoms with van der Waals surface area (Å²) in [6.45, 7) is 1.99. The average Bonchev–Trinajstić information content (AvgIpc) is 3.30. The summed E-state index contributed by atoms with van der Waals surface area (Å²) in [5.41, 5.74) is 3.86. The van der Waals surface area contributed by atoms with Gasteiger partial charge in [-0.25, -0.2) is 9.67 Å². The van der Waals surface area contributed by atoms with Crippen molar-refractivity contribution < 1.29 is 4.79 Å². The highest BCUT2D eigenvalue weighted by Crippen LogP contribution is 2.48. The number of carbonyl (C=O) groups is 1. The zero-order valence-corrected chi connectivity index (χ0v) is 16.5. The summed E-state index contributed by atoms with van der Waals surface area (Å²) in [4.78, 5) is 31.4. The van der Waals surface area contributed by atoms with Crippen molar-refractivity contribution in [1.29, 1.82) is 0 Å². The Bertz CT molecular complexity index is 1100. The lowest BCUT2D eigenvalue weighted by Crippen LogP contribution is -2.34. The second-order valence-electron chi connectivity index (χ2n) is 8.08. The quantitative estimate of drug-likeness (QED) is 0.665. The van der Waals surface area contributed by atoms with E-state index in [1.54, 1.807) is 22.9 Å². The van der Waals surface area contributed by atoms with Gasteiger partial charge in [-0.15, -0.1) is 11.3 Å². The molecule has 28 heavy (non-hydrogen) atoms. The smallest absolute Gasteiger partial charge is 0.267 e. The van der Waals surface area contributed by atoms with Crippen LogP contribution >= 0.6 is 11.3 Å². The molecule has 0 N–H and O–H groups in total. The van der Waals surface area contributed by atoms with Gasteiger partial charge in [0.05, 0.1) is 15.7 Å². The van der Waals surface area contributed by atoms with Gasteiger partial charge in [-0.3, -0.25) is 9.59 Å². The molecular formula is C21H22N4O2S. The first-order chi connectivity index (χ1) is 13.6. The van der Waals surface area contributed by atoms with Gasteiger partial charge in [-0.05, 0) is 48.4 Å². The molecule has 0 atom stereocenters. The topological polar surface area (TPSA) is 68.1 Å². The molecule has 1 aliphatic carbocycles. The molecule has 1 saturated carbocycles. The third kappa shape index (κ3) is 3.24. The van der Waals surface area contributed by atoms with Gasteiger partial charge in [-0.2, -0.15) is 5.10 Å². The van der Waals surface area contributed by atoms with Crippen LogP contribution in [0, 0.1) is 5.41 Å². The number of aromatic nitrogens is 3. The molecule has 3 aromatic rings. The minimum atomic E-state index is -0.232. The predicted octanol–water partition coefficient (Wildman–Crippen LogP) is 3.05. The van der Waals surface area contributed by atoms with Crippen molar-refractivity contribution in [2.75, 3.05) is 18.0 Å². The summed E-state index contributed by atoms with van der Waals surface area (Å²) >= 11 is 1.58. The monoisotopic (exact) mass is 394 g/mol. The van der Waals surface area contributed by atoms with E-state index < -0.39 is 0 Å². The van der Waals surface area contributed by atoms with Crippen LogP contribution in [-0.4, -0.2) is 33.6 Å². The molecule has 3 heterocycles. The first-order valence-corrected chi connectivity index (χ1v) is 10.7. The maximum absolute atomic E-state index is 12.6. The largest absolute Gasteiger partial charge is 0.355 e. The number of ketones is 1. The maximum Gasteiger partial charge on any atom is 0.267 e. The lowest BCUT2D eigenvalue weighted by Gasteiger charge is -2.38. The van der Waals surface area contributed by atoms with Crippen LogP contribution in [0.15, 0.2) is 40.6 Å². The van der Waals surface area contributed by atoms with Gasteiger partial charge in [-0.1, -0.05) is 12.5 Å². The van der Waals surface area contributed by atoms with Crippen molar-refractivity contribution in [2.24, 2.45) is 5.41 Å². The second-order valence-corrected chi connectivity index (χ2v) is 8.97. The maximum atomic E-state index is 12.6. The first-order valence-electron chi connectivity index (χ1n) is 9.77. The van der Waals surface area contributed by atoms with Crippen LogP contribution in [0.5, 0.6) is 0 Å². The molecule has 1 aromatic carbocycles. The molecule has 0 bridgehead atoms. The molecule has 1 saturated heterocycles. The first kappa shape index (κ1) is 17.6. The van der Waals surface area contributed by atoms with Gasteiger partial charge in [0, 0.05) is 25.6 Å². The minimum Gasteiger partial charge on any atom is -0.355 e. The van der Waals surface area contributed by atoms with Crippen molar-refractivity contribution in [3.8, 4) is 0 Å². The van der Waals surface area contributed by atoms with E-state index >= 15 is 0 Å². The Morgan fingerprint density at radius 3 is 2.86 bits per heavy atom. The van der Waals surface area contributed by atoms with Gasteiger partial charge < -0.3 is 4.90 Å². The number of fused-ring (bicyclic) bond motifs is 1. The van der Waals surface area contributed by atoms with E-state index in [9.17, 15) is 9.59 Å². The fourth-order valence-electron chi connectivity index (χ4n) is 4.40. The average molecular weight is 395 g/mol. The van der Waals surface area contributed by atoms with Crippen LogP contribution in [0.1, 0.15) is 31.2 Å². The van der Waals surface area contributed by atoms with E-state index in [0.717, 1.165) is 34.7 Å². The van der Waals surface area contributed by atoms with Crippen LogP contribution < -0.4 is 10.5 Å². The molecule has 5 rings (SSSR count). The lowest BCUT2D eigenvalue weighted by atomic mass is 9.68. The Labute approximate surface area is 166 Å². The van der Waals surface area contributed by atoms with Crippen molar-refractivity contribution in [3.05, 3.63) is 51.8 Å². The molecule has 2 aliphatic rings. The number of hydrogen-bond donors (Lipinski definition) is 0. The molecule has 144 valence electrons. The van der Waals surface area contributed by atoms with Crippen molar-refractivity contribution in [2.45, 2.75) is 38.6 Å². The Morgan fingerprint density at radius 1 is 1.18 bits per heavy atom. The number of Topliss-reactive ketones (excluding diaryl/α,β-unsaturated/α-hetero) is 1. The Kier molecular flexibility index (Phi) is 4.27. The van der Waals surface area contributed by atoms with Crippen LogP contribution in [0.3, 0.4) is 0 Å². The van der Waals surface area contributed by atoms with E-state index in [1.807, 2.05) is 18.2 Å². The fraction of sp³-hybridized carbons (Fsp3) is 0.429. The standard InChI is InChI=1S/C21H22N4O2S/c26-16(10-15-2-3-18-17(11-15)22-14-28-18)12-25-20(27)5-4-19(23-25)24-9-8-21(13-24)6-1-7-21/h2-5,11,14H,1,6-10,12-13H2. The molecule has 0 unspecified atom stereocenters. The summed E-state index contributed by atoms with van der Waals surface area (Å²) in [6.07, 6.45) is 5.39. The van der Waals surface area contributed by atoms with Crippen molar-refractivity contribution >= 4 is 33.2 Å². The zero-order valence-electron chi connectivity index (χ0n) is 15.6. The molecule has 0 amide bonds. The molecular weight excluding hydrogens is 372 g/mol. The fourth-order valence-corrected chi connectivity index (χ4v) is 5.06. The number of thiazole rings is 1. The van der Waals surface area contributed by atoms with Crippen LogP contribution in [0.2, 0.25) is 0 Å². The summed E-state index contributed by atoms with van der Waals surface area (Å²) in [7, 11) is 0. The summed E-state index contributed by atoms with van der Waals surface area (Å²) in [5.74, 6) is 0.776. The Hall–Kier alpha value is -2.54. The summed E-state index contributed by atoms with van der Waals surface area (Å²) < 4.78 is 2.42. The number of rotatable bonds is 5. The third-order valence-electron chi connectivity index (χ3n) is 6.15. The molecule has 1 aliphatic heterocycles. The normalized spacial score (nSPS) is 17.9. The van der Waals surface area contributed by atoms with E-state index in [4.69, 9.17) is 0 Å². The van der Waals surface area contributed by atoms with Crippen molar-refractivity contribution in [1.82, 2.24) is 14.8 Å². The number of carbonyl (C=O) groups excluding carboxylic acids is 1. The van der Waals surface area contributed by atoms with E-state index in [1.165, 1.54) is 36.4 Å². The molecule has 2 fully saturated rings. The molecule has 0 radical (unpaired) electrons. The van der Waals surface area contributed by atoms with Gasteiger partial charge in [0.15, 0.2) is 5.78 Å². The van der Waals surface area contributed by atoms with Gasteiger partial charge >= 0.3 is 0 Å². The molecule has 2 aromatic heterocycles. The van der Waals surface area contributed by atoms with Crippen molar-refractivity contribution in [3.63, 3.8) is 0 Å². The SMILES string of the molecule is O=C(Cc1ccc2scnc2c1)Cn1nc(N2CCC3(CCC3)C2)ccc1=O. The summed E-state index contributed by atoms with van der Waals surface area (Å²) in [5, 5.41) is 4.50. The predicted molar refractivity (Wildman–Crippen MR) is 110 cm³/mol. The Balaban J connectivity index is 1.30. The van der Waals surface area contributed by atoms with Crippen LogP contribution in [0.25, 0.3) is 10.2 Å². The lowest BCUT2D eigenvalue weighted by molar-refractivity contribution is -0.119. The number of benzene rings is 1. The molecule has 1 spiro atoms. The number of anilines is 1. The number of nitrogens with zero attached hydrogens (tertiary/aromatic N) is 4. The van der Waals surface area contributed by atoms with Gasteiger partial charge in [0.25, 0.3) is 5.56 Å². The highest BCUT2D eigenvalue weighted by Gasteiger charge is 2.43. The van der Waals surface area contributed by atoms with Gasteiger partial charge in [0.1, 0.15) is 12.4 Å². The Morgan fingerprint density at radius 2 is 2.07 bits per heavy atom. The summed E-state index contributed by atoms with van der Waals surface area (Å²) in [6, 6.07) is 9.20. The van der Waals surface area contributed by atoms with Gasteiger partial charge in [0.2, 0.25) is 0 Å². The third-order valence-corrected chi connectivity index (χ3v) is 6.96. The highest BCUT2D eigenvalue weighted by molar-refractivity contribution is 7.16. The van der Waals surface area contributed by atoms with E-state index in [-0.39, 0.29) is 24.3 Å². The van der Waals surface area contributed by atoms with Crippen LogP contribution in [0.4, 0.5) is 5.82 Å². The van der Waals surface area contributed by atoms with E-state index in [2.05, 4.69) is 15.0 Å². The number of hydrogen-bond acceptors (Lipinski definition) is 6. The van der Waals surface area contributed by atoms with E-state index in [0.29, 0.717) is 5.41 Å². The zero-order chi connectivity index (χ0) is 19.1. The highest BCUT2D eigenvalue weighted by atomic mass is 32.1. The minimum absolute atomic E-state index is 0.000753. The molecule has 6 nitrogen and oxygen atoms in total. The second kappa shape index (κ2) is 6.81. The van der Waals surface area contributed by atoms with Crippen LogP contribution in [-0.2, 0) is 17.8 Å². The molecule has 7 heteroatoms.